The van der Waals surface area contributed by atoms with Crippen molar-refractivity contribution in [1.29, 1.82) is 0 Å². The van der Waals surface area contributed by atoms with Gasteiger partial charge in [-0.1, -0.05) is 54.6 Å². The zero-order valence-corrected chi connectivity index (χ0v) is 23.0. The van der Waals surface area contributed by atoms with Crippen molar-refractivity contribution >= 4 is 17.6 Å². The lowest BCUT2D eigenvalue weighted by atomic mass is 9.82. The first kappa shape index (κ1) is 26.8. The normalized spacial score (nSPS) is 20.6. The number of rotatable bonds is 6. The first-order valence-corrected chi connectivity index (χ1v) is 14.2. The Morgan fingerprint density at radius 3 is 2.51 bits per heavy atom. The van der Waals surface area contributed by atoms with E-state index < -0.39 is 5.60 Å². The Bertz CT molecular complexity index is 1270. The monoisotopic (exact) mass is 526 g/mol. The lowest BCUT2D eigenvalue weighted by molar-refractivity contribution is 0.0227. The first-order chi connectivity index (χ1) is 19.0. The Hall–Kier alpha value is -3.80. The van der Waals surface area contributed by atoms with Crippen LogP contribution in [0.15, 0.2) is 84.2 Å². The number of carbonyl (C=O) groups excluding carboxylic acids is 2. The second kappa shape index (κ2) is 11.9. The SMILES string of the molecule is CCN(CC)C(=O)c1ccc(C2=CC3(CCCN(C(=O)OCc4ccccc4)CC3)OC3=C2C=CCC3)cc1. The van der Waals surface area contributed by atoms with E-state index >= 15 is 0 Å². The average Bonchev–Trinajstić information content (AvgIpc) is 3.19. The maximum atomic E-state index is 12.9. The molecular weight excluding hydrogens is 488 g/mol. The van der Waals surface area contributed by atoms with Crippen molar-refractivity contribution in [2.24, 2.45) is 0 Å². The molecule has 0 radical (unpaired) electrons. The Morgan fingerprint density at radius 1 is 1.00 bits per heavy atom. The van der Waals surface area contributed by atoms with Crippen LogP contribution in [-0.2, 0) is 16.1 Å². The molecule has 3 aliphatic rings. The Morgan fingerprint density at radius 2 is 1.77 bits per heavy atom. The summed E-state index contributed by atoms with van der Waals surface area (Å²) in [7, 11) is 0. The zero-order valence-electron chi connectivity index (χ0n) is 23.0. The van der Waals surface area contributed by atoms with Gasteiger partial charge in [0.2, 0.25) is 0 Å². The molecule has 2 aromatic carbocycles. The molecule has 1 fully saturated rings. The minimum Gasteiger partial charge on any atom is -0.487 e. The summed E-state index contributed by atoms with van der Waals surface area (Å²) in [5, 5.41) is 0. The predicted octanol–water partition coefficient (Wildman–Crippen LogP) is 6.75. The molecule has 0 aromatic heterocycles. The molecule has 2 amide bonds. The van der Waals surface area contributed by atoms with Crippen molar-refractivity contribution < 1.29 is 19.1 Å². The molecular formula is C33H38N2O4. The molecule has 1 saturated heterocycles. The molecule has 1 atom stereocenters. The number of amides is 2. The zero-order chi connectivity index (χ0) is 27.2. The molecule has 2 aliphatic heterocycles. The topological polar surface area (TPSA) is 59.1 Å². The van der Waals surface area contributed by atoms with Crippen LogP contribution in [0.25, 0.3) is 5.57 Å². The summed E-state index contributed by atoms with van der Waals surface area (Å²) in [6.45, 7) is 6.89. The Balaban J connectivity index is 1.34. The van der Waals surface area contributed by atoms with Crippen LogP contribution in [0.4, 0.5) is 4.79 Å². The second-order valence-electron chi connectivity index (χ2n) is 10.4. The van der Waals surface area contributed by atoms with Gasteiger partial charge in [-0.25, -0.2) is 4.79 Å². The van der Waals surface area contributed by atoms with Crippen molar-refractivity contribution in [2.45, 2.75) is 58.2 Å². The van der Waals surface area contributed by atoms with Crippen molar-refractivity contribution in [1.82, 2.24) is 9.80 Å². The van der Waals surface area contributed by atoms with Gasteiger partial charge in [-0.3, -0.25) is 4.79 Å². The van der Waals surface area contributed by atoms with Crippen LogP contribution >= 0.6 is 0 Å². The number of likely N-dealkylation sites (tertiary alicyclic amines) is 1. The van der Waals surface area contributed by atoms with E-state index in [-0.39, 0.29) is 18.6 Å². The van der Waals surface area contributed by atoms with Gasteiger partial charge < -0.3 is 19.3 Å². The van der Waals surface area contributed by atoms with Gasteiger partial charge in [0.15, 0.2) is 0 Å². The molecule has 39 heavy (non-hydrogen) atoms. The summed E-state index contributed by atoms with van der Waals surface area (Å²) in [6, 6.07) is 17.7. The number of ether oxygens (including phenoxy) is 2. The summed E-state index contributed by atoms with van der Waals surface area (Å²) in [4.78, 5) is 29.4. The molecule has 1 spiro atoms. The molecule has 0 N–H and O–H groups in total. The average molecular weight is 527 g/mol. The van der Waals surface area contributed by atoms with E-state index in [0.717, 1.165) is 53.7 Å². The van der Waals surface area contributed by atoms with Crippen LogP contribution in [0, 0.1) is 0 Å². The highest BCUT2D eigenvalue weighted by Gasteiger charge is 2.39. The molecule has 6 heteroatoms. The first-order valence-electron chi connectivity index (χ1n) is 14.2. The summed E-state index contributed by atoms with van der Waals surface area (Å²) in [6.07, 6.45) is 10.5. The third-order valence-electron chi connectivity index (χ3n) is 7.94. The molecule has 0 saturated carbocycles. The van der Waals surface area contributed by atoms with Crippen molar-refractivity contribution in [3.8, 4) is 0 Å². The molecule has 1 aliphatic carbocycles. The highest BCUT2D eigenvalue weighted by atomic mass is 16.6. The Kier molecular flexibility index (Phi) is 8.20. The number of nitrogens with zero attached hydrogens (tertiary/aromatic N) is 2. The number of allylic oxidation sites excluding steroid dienone is 5. The van der Waals surface area contributed by atoms with Crippen molar-refractivity contribution in [3.05, 3.63) is 101 Å². The maximum absolute atomic E-state index is 12.9. The lowest BCUT2D eigenvalue weighted by Gasteiger charge is -2.38. The van der Waals surface area contributed by atoms with Crippen LogP contribution < -0.4 is 0 Å². The second-order valence-corrected chi connectivity index (χ2v) is 10.4. The number of carbonyl (C=O) groups is 2. The van der Waals surface area contributed by atoms with E-state index in [4.69, 9.17) is 9.47 Å². The van der Waals surface area contributed by atoms with Gasteiger partial charge in [-0.2, -0.15) is 0 Å². The highest BCUT2D eigenvalue weighted by Crippen LogP contribution is 2.44. The van der Waals surface area contributed by atoms with E-state index in [2.05, 4.69) is 30.4 Å². The summed E-state index contributed by atoms with van der Waals surface area (Å²) in [5.74, 6) is 1.09. The van der Waals surface area contributed by atoms with Crippen LogP contribution in [-0.4, -0.2) is 53.6 Å². The number of hydrogen-bond acceptors (Lipinski definition) is 4. The van der Waals surface area contributed by atoms with E-state index in [1.54, 1.807) is 0 Å². The number of hydrogen-bond donors (Lipinski definition) is 0. The van der Waals surface area contributed by atoms with Crippen LogP contribution in [0.1, 0.15) is 67.4 Å². The largest absolute Gasteiger partial charge is 0.487 e. The van der Waals surface area contributed by atoms with Crippen LogP contribution in [0.3, 0.4) is 0 Å². The third-order valence-corrected chi connectivity index (χ3v) is 7.94. The standard InChI is InChI=1S/C33H38N2O4/c1-3-34(4-2)31(36)27-17-15-26(16-18-27)29-23-33(39-30-14-9-8-13-28(29)30)19-10-21-35(22-20-33)32(37)38-24-25-11-6-5-7-12-25/h5-8,11-13,15-18,23H,3-4,9-10,14,19-22,24H2,1-2H3. The molecule has 0 bridgehead atoms. The molecule has 2 aromatic rings. The van der Waals surface area contributed by atoms with Crippen molar-refractivity contribution in [2.75, 3.05) is 26.2 Å². The fourth-order valence-corrected chi connectivity index (χ4v) is 5.70. The third kappa shape index (κ3) is 5.95. The van der Waals surface area contributed by atoms with Gasteiger partial charge in [0.1, 0.15) is 18.0 Å². The summed E-state index contributed by atoms with van der Waals surface area (Å²) >= 11 is 0. The molecule has 1 unspecified atom stereocenters. The smallest absolute Gasteiger partial charge is 0.410 e. The quantitative estimate of drug-likeness (QED) is 0.418. The Labute approximate surface area is 231 Å². The van der Waals surface area contributed by atoms with E-state index in [1.807, 2.05) is 66.1 Å². The van der Waals surface area contributed by atoms with Crippen LogP contribution in [0.5, 0.6) is 0 Å². The summed E-state index contributed by atoms with van der Waals surface area (Å²) < 4.78 is 12.4. The minimum absolute atomic E-state index is 0.0597. The van der Waals surface area contributed by atoms with Gasteiger partial charge in [-0.15, -0.1) is 0 Å². The van der Waals surface area contributed by atoms with Crippen LogP contribution in [0.2, 0.25) is 0 Å². The molecule has 2 heterocycles. The van der Waals surface area contributed by atoms with Gasteiger partial charge in [0.05, 0.1) is 0 Å². The van der Waals surface area contributed by atoms with E-state index in [1.165, 1.54) is 0 Å². The molecule has 204 valence electrons. The summed E-state index contributed by atoms with van der Waals surface area (Å²) in [5.41, 5.74) is 4.57. The molecule has 6 nitrogen and oxygen atoms in total. The fourth-order valence-electron chi connectivity index (χ4n) is 5.70. The minimum atomic E-state index is -0.469. The van der Waals surface area contributed by atoms with Gasteiger partial charge in [0.25, 0.3) is 5.91 Å². The maximum Gasteiger partial charge on any atom is 0.410 e. The lowest BCUT2D eigenvalue weighted by Crippen LogP contribution is -2.37. The van der Waals surface area contributed by atoms with Gasteiger partial charge in [-0.05, 0) is 68.0 Å². The fraction of sp³-hybridized carbons (Fsp3) is 0.394. The molecule has 5 rings (SSSR count). The van der Waals surface area contributed by atoms with E-state index in [0.29, 0.717) is 38.2 Å². The van der Waals surface area contributed by atoms with E-state index in [9.17, 15) is 9.59 Å². The van der Waals surface area contributed by atoms with Gasteiger partial charge >= 0.3 is 6.09 Å². The van der Waals surface area contributed by atoms with Crippen molar-refractivity contribution in [3.63, 3.8) is 0 Å². The number of benzene rings is 2. The highest BCUT2D eigenvalue weighted by molar-refractivity contribution is 5.95. The predicted molar refractivity (Wildman–Crippen MR) is 153 cm³/mol. The van der Waals surface area contributed by atoms with Gasteiger partial charge in [0, 0.05) is 50.2 Å².